The number of hydrogen-bond donors (Lipinski definition) is 1. The van der Waals surface area contributed by atoms with Crippen molar-refractivity contribution in [3.63, 3.8) is 0 Å². The van der Waals surface area contributed by atoms with Gasteiger partial charge in [0.15, 0.2) is 0 Å². The molecule has 3 nitrogen and oxygen atoms in total. The van der Waals surface area contributed by atoms with Gasteiger partial charge in [0, 0.05) is 13.0 Å². The van der Waals surface area contributed by atoms with Gasteiger partial charge in [0.1, 0.15) is 0 Å². The first-order valence-corrected chi connectivity index (χ1v) is 7.74. The van der Waals surface area contributed by atoms with E-state index in [2.05, 4.69) is 32.9 Å². The van der Waals surface area contributed by atoms with Crippen LogP contribution in [0.3, 0.4) is 0 Å². The van der Waals surface area contributed by atoms with Crippen molar-refractivity contribution in [2.24, 2.45) is 0 Å². The Morgan fingerprint density at radius 3 is 2.20 bits per heavy atom. The molecule has 20 heavy (non-hydrogen) atoms. The molecule has 1 amide bonds. The highest BCUT2D eigenvalue weighted by atomic mass is 35.5. The number of rotatable bonds is 12. The first-order chi connectivity index (χ1) is 9.02. The molecule has 0 aromatic rings. The molecular formula is C16H33ClN2O. The number of hydrogen-bond acceptors (Lipinski definition) is 1. The molecule has 120 valence electrons. The van der Waals surface area contributed by atoms with Gasteiger partial charge in [0.25, 0.3) is 0 Å². The summed E-state index contributed by atoms with van der Waals surface area (Å²) in [6.45, 7) is 8.81. The average Bonchev–Trinajstić information content (AvgIpc) is 2.38. The van der Waals surface area contributed by atoms with Crippen molar-refractivity contribution in [2.45, 2.75) is 51.9 Å². The third kappa shape index (κ3) is 13.9. The van der Waals surface area contributed by atoms with Crippen molar-refractivity contribution in [1.29, 1.82) is 0 Å². The SMILES string of the molecule is C=CC(=O)NCCC[N+](C)(C)CCCCCCCC.[Cl-]. The van der Waals surface area contributed by atoms with E-state index in [0.717, 1.165) is 24.0 Å². The zero-order valence-corrected chi connectivity index (χ0v) is 14.3. The Kier molecular flexibility index (Phi) is 14.6. The molecule has 0 aliphatic carbocycles. The van der Waals surface area contributed by atoms with E-state index >= 15 is 0 Å². The van der Waals surface area contributed by atoms with Crippen molar-refractivity contribution in [3.05, 3.63) is 12.7 Å². The van der Waals surface area contributed by atoms with E-state index in [9.17, 15) is 4.79 Å². The molecule has 0 aliphatic rings. The molecule has 0 atom stereocenters. The highest BCUT2D eigenvalue weighted by Gasteiger charge is 2.13. The standard InChI is InChI=1S/C16H32N2O.ClH/c1-5-7-8-9-10-11-14-18(3,4)15-12-13-17-16(19)6-2;/h6H,2,5,7-15H2,1,3-4H3;1H. The smallest absolute Gasteiger partial charge is 0.243 e. The number of unbranched alkanes of at least 4 members (excludes halogenated alkanes) is 5. The van der Waals surface area contributed by atoms with Crippen LogP contribution in [0.15, 0.2) is 12.7 Å². The largest absolute Gasteiger partial charge is 1.00 e. The maximum absolute atomic E-state index is 11.0. The van der Waals surface area contributed by atoms with Gasteiger partial charge in [-0.3, -0.25) is 4.79 Å². The number of amides is 1. The summed E-state index contributed by atoms with van der Waals surface area (Å²) in [7, 11) is 4.56. The van der Waals surface area contributed by atoms with Crippen molar-refractivity contribution < 1.29 is 21.7 Å². The summed E-state index contributed by atoms with van der Waals surface area (Å²) in [5, 5.41) is 2.83. The number of nitrogens with one attached hydrogen (secondary N) is 1. The number of quaternary nitrogens is 1. The second-order valence-electron chi connectivity index (χ2n) is 6.00. The summed E-state index contributed by atoms with van der Waals surface area (Å²) in [5.74, 6) is -0.0683. The van der Waals surface area contributed by atoms with Gasteiger partial charge in [-0.25, -0.2) is 0 Å². The van der Waals surface area contributed by atoms with Gasteiger partial charge >= 0.3 is 0 Å². The Labute approximate surface area is 131 Å². The molecule has 4 heteroatoms. The van der Waals surface area contributed by atoms with Crippen LogP contribution in [0.4, 0.5) is 0 Å². The Bertz CT molecular complexity index is 255. The molecule has 0 spiro atoms. The fourth-order valence-corrected chi connectivity index (χ4v) is 2.22. The lowest BCUT2D eigenvalue weighted by Gasteiger charge is -2.30. The van der Waals surface area contributed by atoms with Crippen LogP contribution in [0, 0.1) is 0 Å². The third-order valence-corrected chi connectivity index (χ3v) is 3.54. The van der Waals surface area contributed by atoms with Gasteiger partial charge in [-0.15, -0.1) is 0 Å². The summed E-state index contributed by atoms with van der Waals surface area (Å²) in [4.78, 5) is 11.0. The molecular weight excluding hydrogens is 272 g/mol. The molecule has 0 bridgehead atoms. The van der Waals surface area contributed by atoms with Crippen LogP contribution in [0.1, 0.15) is 51.9 Å². The van der Waals surface area contributed by atoms with Gasteiger partial charge in [-0.2, -0.15) is 0 Å². The minimum atomic E-state index is -0.0683. The second kappa shape index (κ2) is 13.4. The fraction of sp³-hybridized carbons (Fsp3) is 0.812. The van der Waals surface area contributed by atoms with Gasteiger partial charge in [-0.1, -0.05) is 39.2 Å². The summed E-state index contributed by atoms with van der Waals surface area (Å²) < 4.78 is 1.05. The summed E-state index contributed by atoms with van der Waals surface area (Å²) >= 11 is 0. The number of carbonyl (C=O) groups is 1. The molecule has 0 saturated heterocycles. The van der Waals surface area contributed by atoms with Crippen LogP contribution >= 0.6 is 0 Å². The maximum atomic E-state index is 11.0. The lowest BCUT2D eigenvalue weighted by atomic mass is 10.1. The van der Waals surface area contributed by atoms with Crippen LogP contribution in [-0.4, -0.2) is 44.1 Å². The molecule has 0 radical (unpaired) electrons. The zero-order chi connectivity index (χ0) is 14.6. The van der Waals surface area contributed by atoms with Crippen LogP contribution in [0.25, 0.3) is 0 Å². The lowest BCUT2D eigenvalue weighted by Crippen LogP contribution is -3.00. The minimum Gasteiger partial charge on any atom is -1.00 e. The number of halogens is 1. The quantitative estimate of drug-likeness (QED) is 0.310. The maximum Gasteiger partial charge on any atom is 0.243 e. The summed E-state index contributed by atoms with van der Waals surface area (Å²) in [5.41, 5.74) is 0. The van der Waals surface area contributed by atoms with E-state index in [-0.39, 0.29) is 18.3 Å². The highest BCUT2D eigenvalue weighted by Crippen LogP contribution is 2.08. The second-order valence-corrected chi connectivity index (χ2v) is 6.00. The Hall–Kier alpha value is -0.540. The summed E-state index contributed by atoms with van der Waals surface area (Å²) in [6, 6.07) is 0. The van der Waals surface area contributed by atoms with Crippen LogP contribution < -0.4 is 17.7 Å². The van der Waals surface area contributed by atoms with E-state index < -0.39 is 0 Å². The normalized spacial score (nSPS) is 10.8. The van der Waals surface area contributed by atoms with E-state index in [4.69, 9.17) is 0 Å². The average molecular weight is 305 g/mol. The Morgan fingerprint density at radius 2 is 1.60 bits per heavy atom. The Balaban J connectivity index is 0. The molecule has 1 N–H and O–H groups in total. The van der Waals surface area contributed by atoms with Gasteiger partial charge in [0.05, 0.1) is 27.2 Å². The molecule has 0 rings (SSSR count). The van der Waals surface area contributed by atoms with E-state index in [1.807, 2.05) is 0 Å². The molecule has 0 aliphatic heterocycles. The number of nitrogens with zero attached hydrogens (tertiary/aromatic N) is 1. The predicted octanol–water partition coefficient (Wildman–Crippen LogP) is 0.120. The molecule has 0 aromatic carbocycles. The molecule has 0 saturated carbocycles. The van der Waals surface area contributed by atoms with E-state index in [1.54, 1.807) is 0 Å². The van der Waals surface area contributed by atoms with Crippen molar-refractivity contribution in [1.82, 2.24) is 5.32 Å². The lowest BCUT2D eigenvalue weighted by molar-refractivity contribution is -0.890. The molecule has 0 fully saturated rings. The first kappa shape index (κ1) is 21.8. The van der Waals surface area contributed by atoms with E-state index in [1.165, 1.54) is 51.1 Å². The van der Waals surface area contributed by atoms with Crippen LogP contribution in [0.2, 0.25) is 0 Å². The van der Waals surface area contributed by atoms with Crippen molar-refractivity contribution >= 4 is 5.91 Å². The van der Waals surface area contributed by atoms with E-state index in [0.29, 0.717) is 0 Å². The predicted molar refractivity (Wildman–Crippen MR) is 83.0 cm³/mol. The van der Waals surface area contributed by atoms with Gasteiger partial charge in [-0.05, 0) is 18.9 Å². The zero-order valence-electron chi connectivity index (χ0n) is 13.6. The molecule has 0 unspecified atom stereocenters. The highest BCUT2D eigenvalue weighted by molar-refractivity contribution is 5.86. The fourth-order valence-electron chi connectivity index (χ4n) is 2.22. The molecule has 0 aromatic heterocycles. The third-order valence-electron chi connectivity index (χ3n) is 3.54. The first-order valence-electron chi connectivity index (χ1n) is 7.74. The van der Waals surface area contributed by atoms with Gasteiger partial charge in [0.2, 0.25) is 5.91 Å². The minimum absolute atomic E-state index is 0. The Morgan fingerprint density at radius 1 is 1.05 bits per heavy atom. The topological polar surface area (TPSA) is 29.1 Å². The number of carbonyl (C=O) groups excluding carboxylic acids is 1. The van der Waals surface area contributed by atoms with Crippen molar-refractivity contribution in [2.75, 3.05) is 33.7 Å². The van der Waals surface area contributed by atoms with Crippen LogP contribution in [-0.2, 0) is 4.79 Å². The molecule has 0 heterocycles. The van der Waals surface area contributed by atoms with Crippen LogP contribution in [0.5, 0.6) is 0 Å². The van der Waals surface area contributed by atoms with Crippen molar-refractivity contribution in [3.8, 4) is 0 Å². The van der Waals surface area contributed by atoms with Gasteiger partial charge < -0.3 is 22.2 Å². The monoisotopic (exact) mass is 304 g/mol. The summed E-state index contributed by atoms with van der Waals surface area (Å²) in [6.07, 6.45) is 10.5.